The molecule has 0 aliphatic rings. The molecule has 0 saturated heterocycles. The molecule has 134 valence electrons. The maximum absolute atomic E-state index is 11.4. The number of hydrogen-bond donors (Lipinski definition) is 2. The number of benzene rings is 2. The SMILES string of the molecule is CN=C(NCc1cccc(S(N)(=O)=O)c1)N(C)Cc1ccc(C)cc1. The van der Waals surface area contributed by atoms with Gasteiger partial charge in [0, 0.05) is 27.2 Å². The molecule has 0 bridgehead atoms. The number of rotatable bonds is 5. The lowest BCUT2D eigenvalue weighted by atomic mass is 10.1. The van der Waals surface area contributed by atoms with Crippen LogP contribution in [-0.2, 0) is 23.1 Å². The van der Waals surface area contributed by atoms with E-state index in [0.29, 0.717) is 6.54 Å². The molecular formula is C18H24N4O2S. The molecule has 0 radical (unpaired) electrons. The van der Waals surface area contributed by atoms with Gasteiger partial charge in [-0.25, -0.2) is 13.6 Å². The van der Waals surface area contributed by atoms with Gasteiger partial charge >= 0.3 is 0 Å². The zero-order valence-electron chi connectivity index (χ0n) is 14.7. The van der Waals surface area contributed by atoms with Crippen molar-refractivity contribution in [3.05, 3.63) is 65.2 Å². The molecule has 0 atom stereocenters. The Morgan fingerprint density at radius 3 is 2.44 bits per heavy atom. The molecule has 0 heterocycles. The molecule has 0 aromatic heterocycles. The first-order valence-electron chi connectivity index (χ1n) is 7.88. The molecule has 0 saturated carbocycles. The zero-order valence-corrected chi connectivity index (χ0v) is 15.5. The maximum atomic E-state index is 11.4. The third kappa shape index (κ3) is 5.58. The van der Waals surface area contributed by atoms with Crippen molar-refractivity contribution in [1.29, 1.82) is 0 Å². The van der Waals surface area contributed by atoms with Gasteiger partial charge in [0.1, 0.15) is 0 Å². The average Bonchev–Trinajstić information content (AvgIpc) is 2.57. The molecule has 7 heteroatoms. The van der Waals surface area contributed by atoms with E-state index in [9.17, 15) is 8.42 Å². The first-order valence-corrected chi connectivity index (χ1v) is 9.43. The predicted molar refractivity (Wildman–Crippen MR) is 101 cm³/mol. The summed E-state index contributed by atoms with van der Waals surface area (Å²) in [4.78, 5) is 6.39. The van der Waals surface area contributed by atoms with E-state index in [2.05, 4.69) is 41.5 Å². The monoisotopic (exact) mass is 360 g/mol. The third-order valence-electron chi connectivity index (χ3n) is 3.79. The molecule has 2 aromatic rings. The number of sulfonamides is 1. The maximum Gasteiger partial charge on any atom is 0.238 e. The van der Waals surface area contributed by atoms with Crippen LogP contribution in [0, 0.1) is 6.92 Å². The lowest BCUT2D eigenvalue weighted by molar-refractivity contribution is 0.476. The van der Waals surface area contributed by atoms with Crippen molar-refractivity contribution in [3.63, 3.8) is 0 Å². The molecule has 0 fully saturated rings. The Hall–Kier alpha value is -2.38. The van der Waals surface area contributed by atoms with E-state index in [-0.39, 0.29) is 4.90 Å². The summed E-state index contributed by atoms with van der Waals surface area (Å²) in [7, 11) is -0.0271. The summed E-state index contributed by atoms with van der Waals surface area (Å²) in [6.45, 7) is 3.23. The van der Waals surface area contributed by atoms with Crippen LogP contribution in [0.15, 0.2) is 58.4 Å². The lowest BCUT2D eigenvalue weighted by Crippen LogP contribution is -2.38. The van der Waals surface area contributed by atoms with E-state index in [1.165, 1.54) is 17.2 Å². The van der Waals surface area contributed by atoms with Gasteiger partial charge in [-0.05, 0) is 30.2 Å². The Bertz CT molecular complexity index is 846. The summed E-state index contributed by atoms with van der Waals surface area (Å²) in [5.74, 6) is 0.724. The first kappa shape index (κ1) is 19.0. The van der Waals surface area contributed by atoms with Gasteiger partial charge in [-0.1, -0.05) is 42.0 Å². The topological polar surface area (TPSA) is 87.8 Å². The van der Waals surface area contributed by atoms with Crippen LogP contribution in [0.4, 0.5) is 0 Å². The smallest absolute Gasteiger partial charge is 0.238 e. The fourth-order valence-electron chi connectivity index (χ4n) is 2.44. The summed E-state index contributed by atoms with van der Waals surface area (Å²) in [6.07, 6.45) is 0. The summed E-state index contributed by atoms with van der Waals surface area (Å²) in [6, 6.07) is 14.9. The molecule has 25 heavy (non-hydrogen) atoms. The van der Waals surface area contributed by atoms with E-state index < -0.39 is 10.0 Å². The van der Waals surface area contributed by atoms with Gasteiger partial charge in [0.25, 0.3) is 0 Å². The van der Waals surface area contributed by atoms with Crippen LogP contribution >= 0.6 is 0 Å². The average molecular weight is 360 g/mol. The Morgan fingerprint density at radius 1 is 1.16 bits per heavy atom. The van der Waals surface area contributed by atoms with Crippen molar-refractivity contribution in [2.24, 2.45) is 10.1 Å². The van der Waals surface area contributed by atoms with Gasteiger partial charge in [0.05, 0.1) is 4.90 Å². The van der Waals surface area contributed by atoms with Crippen molar-refractivity contribution in [1.82, 2.24) is 10.2 Å². The second kappa shape index (κ2) is 8.13. The molecule has 0 aliphatic carbocycles. The predicted octanol–water partition coefficient (Wildman–Crippen LogP) is 1.85. The van der Waals surface area contributed by atoms with Gasteiger partial charge in [0.15, 0.2) is 5.96 Å². The van der Waals surface area contributed by atoms with Crippen molar-refractivity contribution in [3.8, 4) is 0 Å². The van der Waals surface area contributed by atoms with E-state index in [4.69, 9.17) is 5.14 Å². The van der Waals surface area contributed by atoms with Crippen molar-refractivity contribution in [2.45, 2.75) is 24.9 Å². The number of primary sulfonamides is 1. The Labute approximate surface area is 149 Å². The van der Waals surface area contributed by atoms with Crippen LogP contribution < -0.4 is 10.5 Å². The van der Waals surface area contributed by atoms with Gasteiger partial charge < -0.3 is 10.2 Å². The summed E-state index contributed by atoms with van der Waals surface area (Å²) in [5.41, 5.74) is 3.23. The van der Waals surface area contributed by atoms with Gasteiger partial charge in [-0.3, -0.25) is 4.99 Å². The van der Waals surface area contributed by atoms with Crippen LogP contribution in [-0.4, -0.2) is 33.4 Å². The Balaban J connectivity index is 2.01. The molecule has 0 spiro atoms. The van der Waals surface area contributed by atoms with E-state index in [0.717, 1.165) is 18.1 Å². The lowest BCUT2D eigenvalue weighted by Gasteiger charge is -2.22. The number of hydrogen-bond acceptors (Lipinski definition) is 3. The molecule has 2 rings (SSSR count). The van der Waals surface area contributed by atoms with Crippen LogP contribution in [0.2, 0.25) is 0 Å². The van der Waals surface area contributed by atoms with Gasteiger partial charge in [0.2, 0.25) is 10.0 Å². The summed E-state index contributed by atoms with van der Waals surface area (Å²) in [5, 5.41) is 8.41. The Morgan fingerprint density at radius 2 is 1.84 bits per heavy atom. The minimum absolute atomic E-state index is 0.106. The molecule has 3 N–H and O–H groups in total. The zero-order chi connectivity index (χ0) is 18.4. The van der Waals surface area contributed by atoms with Crippen LogP contribution in [0.25, 0.3) is 0 Å². The number of aliphatic imine (C=N–C) groups is 1. The third-order valence-corrected chi connectivity index (χ3v) is 4.70. The van der Waals surface area contributed by atoms with Gasteiger partial charge in [-0.15, -0.1) is 0 Å². The standard InChI is InChI=1S/C18H24N4O2S/c1-14-7-9-15(10-8-14)13-22(3)18(20-2)21-12-16-5-4-6-17(11-16)25(19,23)24/h4-11H,12-13H2,1-3H3,(H,20,21)(H2,19,23,24). The number of guanidine groups is 1. The van der Waals surface area contributed by atoms with Crippen molar-refractivity contribution < 1.29 is 8.42 Å². The second-order valence-electron chi connectivity index (χ2n) is 5.93. The van der Waals surface area contributed by atoms with Crippen LogP contribution in [0.5, 0.6) is 0 Å². The quantitative estimate of drug-likeness (QED) is 0.629. The number of aryl methyl sites for hydroxylation is 1. The van der Waals surface area contributed by atoms with Crippen molar-refractivity contribution in [2.75, 3.05) is 14.1 Å². The molecule has 0 aliphatic heterocycles. The van der Waals surface area contributed by atoms with Gasteiger partial charge in [-0.2, -0.15) is 0 Å². The Kier molecular flexibility index (Phi) is 6.17. The highest BCUT2D eigenvalue weighted by Crippen LogP contribution is 2.10. The largest absolute Gasteiger partial charge is 0.352 e. The molecular weight excluding hydrogens is 336 g/mol. The molecule has 6 nitrogen and oxygen atoms in total. The second-order valence-corrected chi connectivity index (χ2v) is 7.50. The first-order chi connectivity index (χ1) is 11.8. The minimum Gasteiger partial charge on any atom is -0.352 e. The highest BCUT2D eigenvalue weighted by Gasteiger charge is 2.10. The fourth-order valence-corrected chi connectivity index (χ4v) is 3.02. The number of nitrogens with zero attached hydrogens (tertiary/aromatic N) is 2. The number of nitrogens with one attached hydrogen (secondary N) is 1. The fraction of sp³-hybridized carbons (Fsp3) is 0.278. The van der Waals surface area contributed by atoms with E-state index >= 15 is 0 Å². The van der Waals surface area contributed by atoms with Crippen LogP contribution in [0.1, 0.15) is 16.7 Å². The molecule has 0 unspecified atom stereocenters. The van der Waals surface area contributed by atoms with Crippen LogP contribution in [0.3, 0.4) is 0 Å². The minimum atomic E-state index is -3.70. The van der Waals surface area contributed by atoms with Crippen molar-refractivity contribution >= 4 is 16.0 Å². The summed E-state index contributed by atoms with van der Waals surface area (Å²) >= 11 is 0. The summed E-state index contributed by atoms with van der Waals surface area (Å²) < 4.78 is 22.9. The van der Waals surface area contributed by atoms with E-state index in [1.807, 2.05) is 18.0 Å². The van der Waals surface area contributed by atoms with E-state index in [1.54, 1.807) is 19.2 Å². The normalized spacial score (nSPS) is 12.1. The highest BCUT2D eigenvalue weighted by molar-refractivity contribution is 7.89. The number of nitrogens with two attached hydrogens (primary N) is 1. The highest BCUT2D eigenvalue weighted by atomic mass is 32.2. The molecule has 2 aromatic carbocycles. The molecule has 0 amide bonds.